The molecule has 20 heavy (non-hydrogen) atoms. The number of nitrogens with one attached hydrogen (secondary N) is 1. The molecule has 0 spiro atoms. The Balaban J connectivity index is 2.21. The summed E-state index contributed by atoms with van der Waals surface area (Å²) in [5.74, 6) is -1.11. The molecule has 6 heteroatoms. The SMILES string of the molecule is Cc1c(NCc2cccc(F)c2O)cccc1[N+](=O)[O-]. The number of halogens is 1. The molecular weight excluding hydrogens is 263 g/mol. The van der Waals surface area contributed by atoms with Crippen LogP contribution in [-0.4, -0.2) is 10.0 Å². The maximum Gasteiger partial charge on any atom is 0.274 e. The number of anilines is 1. The van der Waals surface area contributed by atoms with Crippen molar-refractivity contribution >= 4 is 11.4 Å². The van der Waals surface area contributed by atoms with Crippen molar-refractivity contribution in [2.45, 2.75) is 13.5 Å². The Kier molecular flexibility index (Phi) is 3.84. The van der Waals surface area contributed by atoms with Crippen molar-refractivity contribution in [1.82, 2.24) is 0 Å². The minimum absolute atomic E-state index is 0.0125. The molecule has 0 aliphatic heterocycles. The first-order valence-electron chi connectivity index (χ1n) is 5.95. The van der Waals surface area contributed by atoms with Gasteiger partial charge in [-0.1, -0.05) is 18.2 Å². The topological polar surface area (TPSA) is 75.4 Å². The van der Waals surface area contributed by atoms with Gasteiger partial charge in [-0.15, -0.1) is 0 Å². The van der Waals surface area contributed by atoms with E-state index in [9.17, 15) is 19.6 Å². The van der Waals surface area contributed by atoms with Gasteiger partial charge in [0.05, 0.1) is 4.92 Å². The minimum Gasteiger partial charge on any atom is -0.505 e. The molecule has 0 saturated carbocycles. The van der Waals surface area contributed by atoms with E-state index in [1.165, 1.54) is 12.1 Å². The fourth-order valence-corrected chi connectivity index (χ4v) is 1.91. The van der Waals surface area contributed by atoms with E-state index in [4.69, 9.17) is 0 Å². The highest BCUT2D eigenvalue weighted by molar-refractivity contribution is 5.60. The summed E-state index contributed by atoms with van der Waals surface area (Å²) in [4.78, 5) is 10.4. The summed E-state index contributed by atoms with van der Waals surface area (Å²) < 4.78 is 13.2. The van der Waals surface area contributed by atoms with Crippen LogP contribution >= 0.6 is 0 Å². The third-order valence-electron chi connectivity index (χ3n) is 3.04. The van der Waals surface area contributed by atoms with E-state index < -0.39 is 16.5 Å². The van der Waals surface area contributed by atoms with Gasteiger partial charge in [0.25, 0.3) is 5.69 Å². The molecule has 0 aliphatic carbocycles. The zero-order chi connectivity index (χ0) is 14.7. The van der Waals surface area contributed by atoms with E-state index in [2.05, 4.69) is 5.32 Å². The van der Waals surface area contributed by atoms with Crippen molar-refractivity contribution < 1.29 is 14.4 Å². The molecule has 2 N–H and O–H groups in total. The summed E-state index contributed by atoms with van der Waals surface area (Å²) in [6.07, 6.45) is 0. The van der Waals surface area contributed by atoms with Crippen LogP contribution in [0.3, 0.4) is 0 Å². The molecular formula is C14H13FN2O3. The zero-order valence-corrected chi connectivity index (χ0v) is 10.8. The summed E-state index contributed by atoms with van der Waals surface area (Å²) in [6, 6.07) is 8.92. The second-order valence-corrected chi connectivity index (χ2v) is 4.31. The number of hydrogen-bond acceptors (Lipinski definition) is 4. The Morgan fingerprint density at radius 3 is 2.70 bits per heavy atom. The van der Waals surface area contributed by atoms with E-state index in [1.54, 1.807) is 25.1 Å². The molecule has 0 fully saturated rings. The number of nitro benzene ring substituents is 1. The average Bonchev–Trinajstić information content (AvgIpc) is 2.41. The molecule has 0 atom stereocenters. The molecule has 2 aromatic rings. The Labute approximate surface area is 114 Å². The summed E-state index contributed by atoms with van der Waals surface area (Å²) in [7, 11) is 0. The van der Waals surface area contributed by atoms with Crippen LogP contribution in [-0.2, 0) is 6.54 Å². The van der Waals surface area contributed by atoms with Gasteiger partial charge in [0.2, 0.25) is 0 Å². The normalized spacial score (nSPS) is 10.3. The van der Waals surface area contributed by atoms with Gasteiger partial charge in [0.15, 0.2) is 11.6 Å². The zero-order valence-electron chi connectivity index (χ0n) is 10.8. The number of benzene rings is 2. The maximum atomic E-state index is 13.2. The lowest BCUT2D eigenvalue weighted by molar-refractivity contribution is -0.385. The van der Waals surface area contributed by atoms with Crippen molar-refractivity contribution in [1.29, 1.82) is 0 Å². The van der Waals surface area contributed by atoms with Crippen LogP contribution in [0.1, 0.15) is 11.1 Å². The predicted molar refractivity (Wildman–Crippen MR) is 73.2 cm³/mol. The van der Waals surface area contributed by atoms with E-state index >= 15 is 0 Å². The van der Waals surface area contributed by atoms with E-state index in [1.807, 2.05) is 0 Å². The summed E-state index contributed by atoms with van der Waals surface area (Å²) in [5, 5.41) is 23.4. The van der Waals surface area contributed by atoms with E-state index in [-0.39, 0.29) is 12.2 Å². The fraction of sp³-hybridized carbons (Fsp3) is 0.143. The predicted octanol–water partition coefficient (Wildman–Crippen LogP) is 3.36. The molecule has 0 aliphatic rings. The first kappa shape index (κ1) is 13.8. The Morgan fingerprint density at radius 1 is 1.30 bits per heavy atom. The first-order chi connectivity index (χ1) is 9.50. The van der Waals surface area contributed by atoms with Gasteiger partial charge in [-0.3, -0.25) is 10.1 Å². The highest BCUT2D eigenvalue weighted by atomic mass is 19.1. The quantitative estimate of drug-likeness (QED) is 0.663. The molecule has 2 rings (SSSR count). The Bertz CT molecular complexity index is 659. The average molecular weight is 276 g/mol. The molecule has 0 saturated heterocycles. The largest absolute Gasteiger partial charge is 0.505 e. The summed E-state index contributed by atoms with van der Waals surface area (Å²) in [5.41, 5.74) is 1.46. The van der Waals surface area contributed by atoms with Gasteiger partial charge >= 0.3 is 0 Å². The van der Waals surface area contributed by atoms with Crippen LogP contribution in [0, 0.1) is 22.9 Å². The van der Waals surface area contributed by atoms with E-state index in [0.29, 0.717) is 16.8 Å². The number of phenolic OH excluding ortho intramolecular Hbond substituents is 1. The Morgan fingerprint density at radius 2 is 2.00 bits per heavy atom. The van der Waals surface area contributed by atoms with Crippen molar-refractivity contribution in [2.24, 2.45) is 0 Å². The lowest BCUT2D eigenvalue weighted by Crippen LogP contribution is -2.03. The first-order valence-corrected chi connectivity index (χ1v) is 5.95. The van der Waals surface area contributed by atoms with Gasteiger partial charge in [0.1, 0.15) is 0 Å². The second kappa shape index (κ2) is 5.56. The monoisotopic (exact) mass is 276 g/mol. The number of aromatic hydroxyl groups is 1. The molecule has 0 heterocycles. The lowest BCUT2D eigenvalue weighted by atomic mass is 10.1. The van der Waals surface area contributed by atoms with Gasteiger partial charge in [0, 0.05) is 29.4 Å². The molecule has 0 radical (unpaired) electrons. The van der Waals surface area contributed by atoms with Crippen LogP contribution in [0.4, 0.5) is 15.8 Å². The number of hydrogen-bond donors (Lipinski definition) is 2. The maximum absolute atomic E-state index is 13.2. The van der Waals surface area contributed by atoms with Gasteiger partial charge in [-0.25, -0.2) is 4.39 Å². The fourth-order valence-electron chi connectivity index (χ4n) is 1.91. The number of rotatable bonds is 4. The van der Waals surface area contributed by atoms with Crippen LogP contribution in [0.15, 0.2) is 36.4 Å². The van der Waals surface area contributed by atoms with Crippen molar-refractivity contribution in [3.8, 4) is 5.75 Å². The second-order valence-electron chi connectivity index (χ2n) is 4.31. The van der Waals surface area contributed by atoms with Crippen LogP contribution in [0.5, 0.6) is 5.75 Å². The van der Waals surface area contributed by atoms with Crippen molar-refractivity contribution in [2.75, 3.05) is 5.32 Å². The third-order valence-corrected chi connectivity index (χ3v) is 3.04. The molecule has 2 aromatic carbocycles. The Hall–Kier alpha value is -2.63. The van der Waals surface area contributed by atoms with E-state index in [0.717, 1.165) is 6.07 Å². The van der Waals surface area contributed by atoms with Gasteiger partial charge in [-0.2, -0.15) is 0 Å². The number of para-hydroxylation sites is 1. The number of nitro groups is 1. The smallest absolute Gasteiger partial charge is 0.274 e. The minimum atomic E-state index is -0.694. The summed E-state index contributed by atoms with van der Waals surface area (Å²) >= 11 is 0. The van der Waals surface area contributed by atoms with Crippen molar-refractivity contribution in [3.63, 3.8) is 0 Å². The van der Waals surface area contributed by atoms with Crippen LogP contribution in [0.2, 0.25) is 0 Å². The molecule has 104 valence electrons. The van der Waals surface area contributed by atoms with Gasteiger partial charge in [-0.05, 0) is 19.1 Å². The van der Waals surface area contributed by atoms with Crippen LogP contribution < -0.4 is 5.32 Å². The van der Waals surface area contributed by atoms with Crippen molar-refractivity contribution in [3.05, 3.63) is 63.5 Å². The lowest BCUT2D eigenvalue weighted by Gasteiger charge is -2.11. The molecule has 0 aromatic heterocycles. The molecule has 5 nitrogen and oxygen atoms in total. The van der Waals surface area contributed by atoms with Gasteiger partial charge < -0.3 is 10.4 Å². The molecule has 0 amide bonds. The van der Waals surface area contributed by atoms with Crippen LogP contribution in [0.25, 0.3) is 0 Å². The standard InChI is InChI=1S/C14H13FN2O3/c1-9-12(6-3-7-13(9)17(19)20)16-8-10-4-2-5-11(15)14(10)18/h2-7,16,18H,8H2,1H3. The molecule has 0 unspecified atom stereocenters. The highest BCUT2D eigenvalue weighted by Gasteiger charge is 2.13. The number of phenols is 1. The third kappa shape index (κ3) is 2.69. The highest BCUT2D eigenvalue weighted by Crippen LogP contribution is 2.27. The summed E-state index contributed by atoms with van der Waals surface area (Å²) in [6.45, 7) is 1.80. The molecule has 0 bridgehead atoms. The number of nitrogens with zero attached hydrogens (tertiary/aromatic N) is 1.